The van der Waals surface area contributed by atoms with Crippen molar-refractivity contribution in [3.63, 3.8) is 0 Å². The van der Waals surface area contributed by atoms with Crippen LogP contribution in [0.5, 0.6) is 0 Å². The van der Waals surface area contributed by atoms with Crippen molar-refractivity contribution >= 4 is 23.3 Å². The van der Waals surface area contributed by atoms with E-state index in [9.17, 15) is 49.4 Å². The van der Waals surface area contributed by atoms with Crippen molar-refractivity contribution in [1.82, 2.24) is 10.6 Å². The second-order valence-electron chi connectivity index (χ2n) is 6.70. The first-order valence-electron chi connectivity index (χ1n) is 8.68. The van der Waals surface area contributed by atoms with E-state index >= 15 is 0 Å². The number of hydrogen-bond donors (Lipinski definition) is 3. The van der Waals surface area contributed by atoms with E-state index < -0.39 is 59.3 Å². The number of halogens is 9. The van der Waals surface area contributed by atoms with Gasteiger partial charge in [0.05, 0.1) is 12.6 Å². The summed E-state index contributed by atoms with van der Waals surface area (Å²) >= 11 is 4.57. The number of nitrogens with one attached hydrogen (secondary N) is 2. The molecule has 3 unspecified atom stereocenters. The number of carbonyl (C=O) groups is 1. The van der Waals surface area contributed by atoms with E-state index in [-0.39, 0.29) is 5.56 Å². The lowest BCUT2D eigenvalue weighted by Gasteiger charge is -2.50. The van der Waals surface area contributed by atoms with Crippen LogP contribution in [0.3, 0.4) is 0 Å². The lowest BCUT2D eigenvalue weighted by molar-refractivity contribution is -0.422. The second kappa shape index (κ2) is 8.24. The molecule has 5 nitrogen and oxygen atoms in total. The highest BCUT2D eigenvalue weighted by atomic mass is 32.1. The number of hydrogen-bond acceptors (Lipinski definition) is 4. The zero-order valence-corrected chi connectivity index (χ0v) is 16.6. The fraction of sp³-hybridized carbons (Fsp3) is 0.529. The standard InChI is InChI=1S/C17H15F9N2O3S/c1-2-31-11(29)9-10(8-6-4-3-5-7-8)27-12(32)28-13(9,30)14(18,19)15(20,21)16(22,23)17(24,25)26/h3-7,9-10,30H,2H2,1H3,(H2,27,28,32). The van der Waals surface area contributed by atoms with Crippen LogP contribution in [-0.2, 0) is 9.53 Å². The number of ether oxygens (including phenoxy) is 1. The van der Waals surface area contributed by atoms with Crippen molar-refractivity contribution in [2.45, 2.75) is 42.6 Å². The van der Waals surface area contributed by atoms with Crippen molar-refractivity contribution in [3.05, 3.63) is 35.9 Å². The molecule has 2 rings (SSSR count). The molecule has 0 saturated carbocycles. The topological polar surface area (TPSA) is 70.6 Å². The number of aliphatic hydroxyl groups is 1. The van der Waals surface area contributed by atoms with E-state index in [2.05, 4.69) is 22.3 Å². The molecule has 1 fully saturated rings. The molecule has 1 aliphatic rings. The Labute approximate surface area is 179 Å². The van der Waals surface area contributed by atoms with E-state index in [1.807, 2.05) is 0 Å². The lowest BCUT2D eigenvalue weighted by atomic mass is 9.76. The van der Waals surface area contributed by atoms with Gasteiger partial charge in [-0.25, -0.2) is 0 Å². The molecule has 1 aromatic carbocycles. The van der Waals surface area contributed by atoms with Crippen molar-refractivity contribution in [2.75, 3.05) is 6.61 Å². The minimum atomic E-state index is -7.30. The second-order valence-corrected chi connectivity index (χ2v) is 7.11. The molecule has 1 heterocycles. The SMILES string of the molecule is CCOC(=O)C1C(c2ccccc2)NC(=S)NC1(O)C(F)(F)C(F)(F)C(F)(F)C(F)(F)F. The number of alkyl halides is 9. The van der Waals surface area contributed by atoms with Crippen LogP contribution in [0.1, 0.15) is 18.5 Å². The highest BCUT2D eigenvalue weighted by molar-refractivity contribution is 7.80. The quantitative estimate of drug-likeness (QED) is 0.317. The third-order valence-corrected chi connectivity index (χ3v) is 4.92. The van der Waals surface area contributed by atoms with E-state index in [1.165, 1.54) is 42.6 Å². The summed E-state index contributed by atoms with van der Waals surface area (Å²) in [5, 5.41) is 13.0. The molecule has 0 bridgehead atoms. The van der Waals surface area contributed by atoms with Crippen molar-refractivity contribution < 1.29 is 54.2 Å². The maximum atomic E-state index is 14.9. The van der Waals surface area contributed by atoms with Gasteiger partial charge in [0.1, 0.15) is 5.92 Å². The molecule has 0 aromatic heterocycles. The zero-order valence-electron chi connectivity index (χ0n) is 15.8. The van der Waals surface area contributed by atoms with Crippen molar-refractivity contribution in [1.29, 1.82) is 0 Å². The molecule has 0 radical (unpaired) electrons. The van der Waals surface area contributed by atoms with Gasteiger partial charge in [-0.2, -0.15) is 39.5 Å². The van der Waals surface area contributed by atoms with Gasteiger partial charge in [-0.15, -0.1) is 0 Å². The molecule has 15 heteroatoms. The highest BCUT2D eigenvalue weighted by Gasteiger charge is 2.87. The predicted octanol–water partition coefficient (Wildman–Crippen LogP) is 3.54. The van der Waals surface area contributed by atoms with Gasteiger partial charge < -0.3 is 20.5 Å². The minimum Gasteiger partial charge on any atom is -0.466 e. The molecule has 32 heavy (non-hydrogen) atoms. The summed E-state index contributed by atoms with van der Waals surface area (Å²) in [6, 6.07) is 4.55. The monoisotopic (exact) mass is 498 g/mol. The number of carbonyl (C=O) groups excluding carboxylic acids is 1. The summed E-state index contributed by atoms with van der Waals surface area (Å²) in [6.07, 6.45) is -7.12. The Morgan fingerprint density at radius 3 is 2.06 bits per heavy atom. The lowest BCUT2D eigenvalue weighted by Crippen LogP contribution is -2.80. The van der Waals surface area contributed by atoms with Gasteiger partial charge >= 0.3 is 29.9 Å². The number of thiocarbonyl (C=S) groups is 1. The molecule has 3 atom stereocenters. The molecule has 0 amide bonds. The van der Waals surface area contributed by atoms with Crippen molar-refractivity contribution in [2.24, 2.45) is 5.92 Å². The molecule has 3 N–H and O–H groups in total. The summed E-state index contributed by atoms with van der Waals surface area (Å²) in [5.74, 6) is -25.8. The van der Waals surface area contributed by atoms with Gasteiger partial charge in [-0.3, -0.25) is 4.79 Å². The normalized spacial score (nSPS) is 25.0. The summed E-state index contributed by atoms with van der Waals surface area (Å²) < 4.78 is 127. The average Bonchev–Trinajstić information content (AvgIpc) is 2.66. The van der Waals surface area contributed by atoms with Gasteiger partial charge in [0.2, 0.25) is 5.72 Å². The third kappa shape index (κ3) is 3.84. The predicted molar refractivity (Wildman–Crippen MR) is 94.0 cm³/mol. The van der Waals surface area contributed by atoms with Crippen LogP contribution in [0.2, 0.25) is 0 Å². The Morgan fingerprint density at radius 2 is 1.59 bits per heavy atom. The maximum Gasteiger partial charge on any atom is 0.460 e. The van der Waals surface area contributed by atoms with Crippen LogP contribution < -0.4 is 10.6 Å². The smallest absolute Gasteiger partial charge is 0.460 e. The highest BCUT2D eigenvalue weighted by Crippen LogP contribution is 2.58. The Morgan fingerprint density at radius 1 is 1.06 bits per heavy atom. The van der Waals surface area contributed by atoms with E-state index in [0.717, 1.165) is 0 Å². The first-order chi connectivity index (χ1) is 14.5. The largest absolute Gasteiger partial charge is 0.466 e. The Kier molecular flexibility index (Phi) is 6.69. The zero-order chi connectivity index (χ0) is 24.8. The minimum absolute atomic E-state index is 0.116. The molecule has 0 spiro atoms. The summed E-state index contributed by atoms with van der Waals surface area (Å²) in [4.78, 5) is 12.4. The summed E-state index contributed by atoms with van der Waals surface area (Å²) in [6.45, 7) is 0.644. The van der Waals surface area contributed by atoms with Gasteiger partial charge in [0.15, 0.2) is 5.11 Å². The first kappa shape index (κ1) is 26.0. The third-order valence-electron chi connectivity index (χ3n) is 4.70. The average molecular weight is 498 g/mol. The van der Waals surface area contributed by atoms with Gasteiger partial charge in [-0.05, 0) is 24.7 Å². The molecule has 1 aliphatic heterocycles. The van der Waals surface area contributed by atoms with Crippen LogP contribution in [0, 0.1) is 5.92 Å². The molecular formula is C17H15F9N2O3S. The fourth-order valence-electron chi connectivity index (χ4n) is 3.12. The van der Waals surface area contributed by atoms with Gasteiger partial charge in [0, 0.05) is 0 Å². The molecule has 1 aromatic rings. The van der Waals surface area contributed by atoms with Crippen LogP contribution in [-0.4, -0.2) is 52.5 Å². The number of esters is 1. The molecule has 180 valence electrons. The fourth-order valence-corrected chi connectivity index (χ4v) is 3.40. The molecular weight excluding hydrogens is 483 g/mol. The van der Waals surface area contributed by atoms with Gasteiger partial charge in [0.25, 0.3) is 0 Å². The summed E-state index contributed by atoms with van der Waals surface area (Å²) in [5.41, 5.74) is -4.84. The molecule has 0 aliphatic carbocycles. The Bertz CT molecular complexity index is 867. The van der Waals surface area contributed by atoms with Crippen molar-refractivity contribution in [3.8, 4) is 0 Å². The Hall–Kier alpha value is -2.29. The Balaban J connectivity index is 2.75. The van der Waals surface area contributed by atoms with Crippen LogP contribution in [0.15, 0.2) is 30.3 Å². The van der Waals surface area contributed by atoms with E-state index in [0.29, 0.717) is 0 Å². The van der Waals surface area contributed by atoms with E-state index in [1.54, 1.807) is 0 Å². The maximum absolute atomic E-state index is 14.9. The number of rotatable bonds is 6. The van der Waals surface area contributed by atoms with Crippen LogP contribution in [0.25, 0.3) is 0 Å². The summed E-state index contributed by atoms with van der Waals surface area (Å²) in [7, 11) is 0. The van der Waals surface area contributed by atoms with Crippen LogP contribution in [0.4, 0.5) is 39.5 Å². The molecule has 1 saturated heterocycles. The van der Waals surface area contributed by atoms with Gasteiger partial charge in [-0.1, -0.05) is 30.3 Å². The number of benzene rings is 1. The van der Waals surface area contributed by atoms with Crippen LogP contribution >= 0.6 is 12.2 Å². The first-order valence-corrected chi connectivity index (χ1v) is 9.09. The van der Waals surface area contributed by atoms with E-state index in [4.69, 9.17) is 0 Å².